The standard InChI is InChI=1S/C30H33N7O2/c1-19-7-5-9-27(22(19)4)35-10-12-36(13-11-35)28(29-32-33-34-37(29)18-24-8-6-14-39-24)25-17-23-15-20(2)21(3)16-26(23)31-30(25)38/h5-9,14-17,28H,10-13,18H2,1-4H3,(H,31,38). The number of tetrazole rings is 1. The van der Waals surface area contributed by atoms with Crippen molar-refractivity contribution < 1.29 is 4.42 Å². The molecule has 3 aromatic heterocycles. The Morgan fingerprint density at radius 3 is 2.51 bits per heavy atom. The second kappa shape index (κ2) is 10.1. The van der Waals surface area contributed by atoms with E-state index in [2.05, 4.69) is 82.3 Å². The van der Waals surface area contributed by atoms with Crippen LogP contribution in [0.5, 0.6) is 0 Å². The summed E-state index contributed by atoms with van der Waals surface area (Å²) in [6, 6.07) is 16.0. The molecule has 4 heterocycles. The van der Waals surface area contributed by atoms with Crippen molar-refractivity contribution in [1.29, 1.82) is 0 Å². The summed E-state index contributed by atoms with van der Waals surface area (Å²) in [6.07, 6.45) is 1.64. The highest BCUT2D eigenvalue weighted by molar-refractivity contribution is 5.81. The Bertz CT molecular complexity index is 1680. The number of furan rings is 1. The van der Waals surface area contributed by atoms with Gasteiger partial charge in [0.25, 0.3) is 5.56 Å². The highest BCUT2D eigenvalue weighted by atomic mass is 16.3. The number of H-pyrrole nitrogens is 1. The van der Waals surface area contributed by atoms with Crippen LogP contribution in [0.25, 0.3) is 10.9 Å². The van der Waals surface area contributed by atoms with Gasteiger partial charge in [0, 0.05) is 42.9 Å². The Morgan fingerprint density at radius 2 is 1.74 bits per heavy atom. The Balaban J connectivity index is 1.40. The topological polar surface area (TPSA) is 96.1 Å². The van der Waals surface area contributed by atoms with E-state index in [9.17, 15) is 4.79 Å². The number of aromatic nitrogens is 5. The molecule has 1 saturated heterocycles. The fourth-order valence-corrected chi connectivity index (χ4v) is 5.57. The molecule has 9 heteroatoms. The third-order valence-electron chi connectivity index (χ3n) is 8.07. The minimum atomic E-state index is -0.412. The number of aryl methyl sites for hydroxylation is 3. The number of benzene rings is 2. The van der Waals surface area contributed by atoms with E-state index in [0.29, 0.717) is 17.9 Å². The Hall–Kier alpha value is -4.24. The molecule has 200 valence electrons. The van der Waals surface area contributed by atoms with Crippen LogP contribution in [0.3, 0.4) is 0 Å². The van der Waals surface area contributed by atoms with Crippen LogP contribution in [0.15, 0.2) is 64.0 Å². The maximum Gasteiger partial charge on any atom is 0.253 e. The van der Waals surface area contributed by atoms with Gasteiger partial charge in [-0.15, -0.1) is 5.10 Å². The van der Waals surface area contributed by atoms with Gasteiger partial charge in [-0.3, -0.25) is 9.69 Å². The van der Waals surface area contributed by atoms with Crippen LogP contribution >= 0.6 is 0 Å². The Labute approximate surface area is 227 Å². The first-order valence-electron chi connectivity index (χ1n) is 13.4. The molecule has 1 N–H and O–H groups in total. The van der Waals surface area contributed by atoms with E-state index in [1.54, 1.807) is 10.9 Å². The quantitative estimate of drug-likeness (QED) is 0.354. The molecule has 0 spiro atoms. The van der Waals surface area contributed by atoms with Crippen molar-refractivity contribution in [3.05, 3.63) is 105 Å². The molecule has 0 radical (unpaired) electrons. The van der Waals surface area contributed by atoms with Crippen LogP contribution in [0.4, 0.5) is 5.69 Å². The smallest absolute Gasteiger partial charge is 0.253 e. The van der Waals surface area contributed by atoms with E-state index in [0.717, 1.165) is 48.4 Å². The minimum absolute atomic E-state index is 0.125. The highest BCUT2D eigenvalue weighted by Crippen LogP contribution is 2.31. The first-order valence-corrected chi connectivity index (χ1v) is 13.4. The number of nitrogens with zero attached hydrogens (tertiary/aromatic N) is 6. The molecular formula is C30H33N7O2. The normalized spacial score (nSPS) is 15.2. The zero-order valence-corrected chi connectivity index (χ0v) is 22.8. The van der Waals surface area contributed by atoms with Crippen LogP contribution in [-0.4, -0.2) is 56.3 Å². The lowest BCUT2D eigenvalue weighted by Gasteiger charge is -2.40. The van der Waals surface area contributed by atoms with Crippen molar-refractivity contribution in [2.24, 2.45) is 0 Å². The number of hydrogen-bond donors (Lipinski definition) is 1. The molecule has 2 aromatic carbocycles. The molecule has 1 atom stereocenters. The van der Waals surface area contributed by atoms with Crippen LogP contribution in [-0.2, 0) is 6.54 Å². The molecule has 39 heavy (non-hydrogen) atoms. The second-order valence-corrected chi connectivity index (χ2v) is 10.5. The zero-order chi connectivity index (χ0) is 27.1. The number of pyridine rings is 1. The minimum Gasteiger partial charge on any atom is -0.467 e. The summed E-state index contributed by atoms with van der Waals surface area (Å²) in [6.45, 7) is 12.1. The van der Waals surface area contributed by atoms with Gasteiger partial charge in [-0.25, -0.2) is 4.68 Å². The zero-order valence-electron chi connectivity index (χ0n) is 22.8. The third kappa shape index (κ3) is 4.74. The predicted octanol–water partition coefficient (Wildman–Crippen LogP) is 4.30. The summed E-state index contributed by atoms with van der Waals surface area (Å²) in [7, 11) is 0. The number of aromatic amines is 1. The summed E-state index contributed by atoms with van der Waals surface area (Å²) < 4.78 is 7.32. The van der Waals surface area contributed by atoms with E-state index in [1.165, 1.54) is 22.4 Å². The molecule has 1 unspecified atom stereocenters. The molecule has 5 aromatic rings. The van der Waals surface area contributed by atoms with Crippen LogP contribution in [0, 0.1) is 27.7 Å². The maximum absolute atomic E-state index is 13.6. The summed E-state index contributed by atoms with van der Waals surface area (Å²) in [5, 5.41) is 13.8. The van der Waals surface area contributed by atoms with Gasteiger partial charge in [0.05, 0.1) is 6.26 Å². The molecule has 9 nitrogen and oxygen atoms in total. The van der Waals surface area contributed by atoms with Crippen molar-refractivity contribution in [1.82, 2.24) is 30.1 Å². The lowest BCUT2D eigenvalue weighted by molar-refractivity contribution is 0.200. The number of fused-ring (bicyclic) bond motifs is 1. The molecule has 0 amide bonds. The molecule has 6 rings (SSSR count). The van der Waals surface area contributed by atoms with E-state index >= 15 is 0 Å². The monoisotopic (exact) mass is 523 g/mol. The molecule has 1 fully saturated rings. The Morgan fingerprint density at radius 1 is 0.949 bits per heavy atom. The van der Waals surface area contributed by atoms with Crippen LogP contribution < -0.4 is 10.5 Å². The summed E-state index contributed by atoms with van der Waals surface area (Å²) >= 11 is 0. The lowest BCUT2D eigenvalue weighted by Crippen LogP contribution is -2.49. The van der Waals surface area contributed by atoms with Crippen molar-refractivity contribution in [3.63, 3.8) is 0 Å². The number of nitrogens with one attached hydrogen (secondary N) is 1. The van der Waals surface area contributed by atoms with Gasteiger partial charge >= 0.3 is 0 Å². The third-order valence-corrected chi connectivity index (χ3v) is 8.07. The van der Waals surface area contributed by atoms with Gasteiger partial charge in [0.2, 0.25) is 0 Å². The number of rotatable bonds is 6. The van der Waals surface area contributed by atoms with Gasteiger partial charge in [0.15, 0.2) is 5.82 Å². The van der Waals surface area contributed by atoms with Crippen LogP contribution in [0.2, 0.25) is 0 Å². The van der Waals surface area contributed by atoms with E-state index in [-0.39, 0.29) is 5.56 Å². The van der Waals surface area contributed by atoms with Gasteiger partial charge in [-0.1, -0.05) is 12.1 Å². The first-order chi connectivity index (χ1) is 18.9. The van der Waals surface area contributed by atoms with E-state index in [1.807, 2.05) is 24.3 Å². The first kappa shape index (κ1) is 25.1. The van der Waals surface area contributed by atoms with Crippen LogP contribution in [0.1, 0.15) is 45.4 Å². The molecule has 0 aliphatic carbocycles. The average Bonchev–Trinajstić information content (AvgIpc) is 3.61. The molecular weight excluding hydrogens is 490 g/mol. The SMILES string of the molecule is Cc1cc2cc(C(c3nnnn3Cc3ccco3)N3CCN(c4cccc(C)c4C)CC3)c(=O)[nH]c2cc1C. The number of hydrogen-bond acceptors (Lipinski definition) is 7. The van der Waals surface area contributed by atoms with E-state index in [4.69, 9.17) is 4.42 Å². The van der Waals surface area contributed by atoms with Gasteiger partial charge in [-0.2, -0.15) is 0 Å². The lowest BCUT2D eigenvalue weighted by atomic mass is 10.00. The van der Waals surface area contributed by atoms with Crippen molar-refractivity contribution >= 4 is 16.6 Å². The van der Waals surface area contributed by atoms with Gasteiger partial charge < -0.3 is 14.3 Å². The second-order valence-electron chi connectivity index (χ2n) is 10.5. The molecule has 0 bridgehead atoms. The Kier molecular flexibility index (Phi) is 6.52. The maximum atomic E-state index is 13.6. The molecule has 0 saturated carbocycles. The molecule has 1 aliphatic rings. The fraction of sp³-hybridized carbons (Fsp3) is 0.333. The summed E-state index contributed by atoms with van der Waals surface area (Å²) in [5.74, 6) is 1.38. The van der Waals surface area contributed by atoms with Crippen molar-refractivity contribution in [2.75, 3.05) is 31.1 Å². The van der Waals surface area contributed by atoms with Crippen molar-refractivity contribution in [3.8, 4) is 0 Å². The largest absolute Gasteiger partial charge is 0.467 e. The predicted molar refractivity (Wildman–Crippen MR) is 151 cm³/mol. The average molecular weight is 524 g/mol. The summed E-state index contributed by atoms with van der Waals surface area (Å²) in [5.41, 5.74) is 7.54. The van der Waals surface area contributed by atoms with Gasteiger partial charge in [-0.05, 0) is 102 Å². The van der Waals surface area contributed by atoms with Gasteiger partial charge in [0.1, 0.15) is 18.3 Å². The number of anilines is 1. The number of piperazine rings is 1. The van der Waals surface area contributed by atoms with Crippen molar-refractivity contribution in [2.45, 2.75) is 40.3 Å². The summed E-state index contributed by atoms with van der Waals surface area (Å²) in [4.78, 5) is 21.5. The molecule has 1 aliphatic heterocycles. The highest BCUT2D eigenvalue weighted by Gasteiger charge is 2.33. The van der Waals surface area contributed by atoms with E-state index < -0.39 is 6.04 Å². The fourth-order valence-electron chi connectivity index (χ4n) is 5.57.